The van der Waals surface area contributed by atoms with Crippen LogP contribution in [0.1, 0.15) is 57.8 Å². The van der Waals surface area contributed by atoms with Crippen LogP contribution in [0.15, 0.2) is 0 Å². The summed E-state index contributed by atoms with van der Waals surface area (Å²) in [5, 5.41) is 0. The van der Waals surface area contributed by atoms with Crippen LogP contribution in [0.3, 0.4) is 0 Å². The summed E-state index contributed by atoms with van der Waals surface area (Å²) >= 11 is 0. The quantitative estimate of drug-likeness (QED) is 0.784. The SMILES string of the molecule is CN(C)C1(CC2CCCC2)CCC2(CC1)OCCO2. The molecule has 3 rings (SSSR count). The summed E-state index contributed by atoms with van der Waals surface area (Å²) in [5.74, 6) is 0.747. The maximum absolute atomic E-state index is 5.88. The molecule has 1 spiro atoms. The molecule has 0 aromatic heterocycles. The minimum Gasteiger partial charge on any atom is -0.348 e. The van der Waals surface area contributed by atoms with E-state index in [4.69, 9.17) is 9.47 Å². The number of hydrogen-bond acceptors (Lipinski definition) is 3. The third kappa shape index (κ3) is 2.70. The van der Waals surface area contributed by atoms with Crippen LogP contribution in [0.5, 0.6) is 0 Å². The topological polar surface area (TPSA) is 21.7 Å². The van der Waals surface area contributed by atoms with Crippen molar-refractivity contribution in [1.29, 1.82) is 0 Å². The summed E-state index contributed by atoms with van der Waals surface area (Å²) in [4.78, 5) is 2.49. The first-order valence-corrected chi connectivity index (χ1v) is 8.10. The van der Waals surface area contributed by atoms with Crippen molar-refractivity contribution in [3.05, 3.63) is 0 Å². The molecule has 110 valence electrons. The Kier molecular flexibility index (Phi) is 3.89. The molecule has 2 saturated carbocycles. The molecule has 3 heteroatoms. The molecule has 2 aliphatic carbocycles. The van der Waals surface area contributed by atoms with Crippen LogP contribution in [-0.4, -0.2) is 43.5 Å². The van der Waals surface area contributed by atoms with E-state index >= 15 is 0 Å². The molecule has 0 N–H and O–H groups in total. The zero-order valence-electron chi connectivity index (χ0n) is 12.6. The predicted molar refractivity (Wildman–Crippen MR) is 76.1 cm³/mol. The van der Waals surface area contributed by atoms with E-state index in [1.54, 1.807) is 0 Å². The second-order valence-corrected chi connectivity index (χ2v) is 7.08. The Bertz CT molecular complexity index is 294. The second kappa shape index (κ2) is 5.34. The fourth-order valence-electron chi connectivity index (χ4n) is 4.47. The fourth-order valence-corrected chi connectivity index (χ4v) is 4.47. The highest BCUT2D eigenvalue weighted by Crippen LogP contribution is 2.46. The Hall–Kier alpha value is -0.120. The summed E-state index contributed by atoms with van der Waals surface area (Å²) in [6, 6.07) is 0. The Morgan fingerprint density at radius 1 is 0.947 bits per heavy atom. The number of hydrogen-bond donors (Lipinski definition) is 0. The van der Waals surface area contributed by atoms with Gasteiger partial charge in [0.05, 0.1) is 13.2 Å². The maximum atomic E-state index is 5.88. The lowest BCUT2D eigenvalue weighted by Gasteiger charge is -2.48. The van der Waals surface area contributed by atoms with Gasteiger partial charge in [-0.3, -0.25) is 0 Å². The van der Waals surface area contributed by atoms with Gasteiger partial charge in [0.1, 0.15) is 0 Å². The van der Waals surface area contributed by atoms with E-state index < -0.39 is 0 Å². The first kappa shape index (κ1) is 13.8. The highest BCUT2D eigenvalue weighted by Gasteiger charge is 2.47. The van der Waals surface area contributed by atoms with E-state index in [2.05, 4.69) is 19.0 Å². The third-order valence-corrected chi connectivity index (χ3v) is 5.85. The summed E-state index contributed by atoms with van der Waals surface area (Å²) in [5.41, 5.74) is 0.398. The van der Waals surface area contributed by atoms with Crippen molar-refractivity contribution < 1.29 is 9.47 Å². The van der Waals surface area contributed by atoms with Crippen molar-refractivity contribution in [2.45, 2.75) is 69.1 Å². The summed E-state index contributed by atoms with van der Waals surface area (Å²) in [6.45, 7) is 1.58. The Morgan fingerprint density at radius 3 is 2.05 bits per heavy atom. The highest BCUT2D eigenvalue weighted by atomic mass is 16.7. The molecule has 1 aliphatic heterocycles. The monoisotopic (exact) mass is 267 g/mol. The van der Waals surface area contributed by atoms with E-state index in [9.17, 15) is 0 Å². The summed E-state index contributed by atoms with van der Waals surface area (Å²) < 4.78 is 11.8. The van der Waals surface area contributed by atoms with Gasteiger partial charge in [-0.2, -0.15) is 0 Å². The molecular formula is C16H29NO2. The van der Waals surface area contributed by atoms with Crippen LogP contribution in [0.2, 0.25) is 0 Å². The van der Waals surface area contributed by atoms with Gasteiger partial charge in [0.25, 0.3) is 0 Å². The molecule has 1 heterocycles. The van der Waals surface area contributed by atoms with Crippen molar-refractivity contribution >= 4 is 0 Å². The summed E-state index contributed by atoms with van der Waals surface area (Å²) in [7, 11) is 4.53. The van der Waals surface area contributed by atoms with Crippen LogP contribution in [0, 0.1) is 5.92 Å². The first-order valence-electron chi connectivity index (χ1n) is 8.10. The van der Waals surface area contributed by atoms with Gasteiger partial charge >= 0.3 is 0 Å². The molecule has 0 unspecified atom stereocenters. The van der Waals surface area contributed by atoms with Gasteiger partial charge in [0.15, 0.2) is 5.79 Å². The molecule has 3 fully saturated rings. The Morgan fingerprint density at radius 2 is 1.53 bits per heavy atom. The standard InChI is InChI=1S/C16H29NO2/c1-17(2)15(13-14-5-3-4-6-14)7-9-16(10-8-15)18-11-12-19-16/h14H,3-13H2,1-2H3. The van der Waals surface area contributed by atoms with Crippen molar-refractivity contribution in [2.75, 3.05) is 27.3 Å². The molecule has 0 bridgehead atoms. The smallest absolute Gasteiger partial charge is 0.168 e. The first-order chi connectivity index (χ1) is 9.14. The number of nitrogens with zero attached hydrogens (tertiary/aromatic N) is 1. The molecule has 1 saturated heterocycles. The molecular weight excluding hydrogens is 238 g/mol. The number of ether oxygens (including phenoxy) is 2. The molecule has 0 atom stereocenters. The number of rotatable bonds is 3. The predicted octanol–water partition coefficient (Wildman–Crippen LogP) is 3.18. The molecule has 19 heavy (non-hydrogen) atoms. The Labute approximate surface area is 117 Å². The molecule has 3 aliphatic rings. The summed E-state index contributed by atoms with van der Waals surface area (Å²) in [6.07, 6.45) is 11.8. The van der Waals surface area contributed by atoms with E-state index in [1.807, 2.05) is 0 Å². The third-order valence-electron chi connectivity index (χ3n) is 5.85. The van der Waals surface area contributed by atoms with Gasteiger partial charge in [-0.25, -0.2) is 0 Å². The van der Waals surface area contributed by atoms with Crippen LogP contribution in [0.25, 0.3) is 0 Å². The minimum absolute atomic E-state index is 0.213. The zero-order valence-corrected chi connectivity index (χ0v) is 12.6. The van der Waals surface area contributed by atoms with Crippen LogP contribution in [0.4, 0.5) is 0 Å². The van der Waals surface area contributed by atoms with E-state index in [0.717, 1.165) is 32.0 Å². The van der Waals surface area contributed by atoms with Crippen LogP contribution >= 0.6 is 0 Å². The molecule has 0 amide bonds. The lowest BCUT2D eigenvalue weighted by molar-refractivity contribution is -0.193. The van der Waals surface area contributed by atoms with Crippen molar-refractivity contribution in [3.63, 3.8) is 0 Å². The van der Waals surface area contributed by atoms with Crippen molar-refractivity contribution in [3.8, 4) is 0 Å². The zero-order chi connectivity index (χ0) is 13.3. The maximum Gasteiger partial charge on any atom is 0.168 e. The Balaban J connectivity index is 1.65. The van der Waals surface area contributed by atoms with E-state index in [-0.39, 0.29) is 5.79 Å². The van der Waals surface area contributed by atoms with Crippen LogP contribution < -0.4 is 0 Å². The van der Waals surface area contributed by atoms with Crippen molar-refractivity contribution in [2.24, 2.45) is 5.92 Å². The normalized spacial score (nSPS) is 30.5. The second-order valence-electron chi connectivity index (χ2n) is 7.08. The molecule has 0 radical (unpaired) electrons. The largest absolute Gasteiger partial charge is 0.348 e. The average Bonchev–Trinajstić information content (AvgIpc) is 3.04. The van der Waals surface area contributed by atoms with Gasteiger partial charge in [0, 0.05) is 18.4 Å². The van der Waals surface area contributed by atoms with Gasteiger partial charge in [-0.05, 0) is 39.3 Å². The highest BCUT2D eigenvalue weighted by molar-refractivity contribution is 4.98. The lowest BCUT2D eigenvalue weighted by Crippen LogP contribution is -2.52. The van der Waals surface area contributed by atoms with Gasteiger partial charge in [-0.1, -0.05) is 25.7 Å². The lowest BCUT2D eigenvalue weighted by atomic mass is 9.72. The van der Waals surface area contributed by atoms with Gasteiger partial charge < -0.3 is 14.4 Å². The fraction of sp³-hybridized carbons (Fsp3) is 1.00. The van der Waals surface area contributed by atoms with E-state index in [1.165, 1.54) is 44.9 Å². The minimum atomic E-state index is -0.213. The van der Waals surface area contributed by atoms with Crippen LogP contribution in [-0.2, 0) is 9.47 Å². The molecule has 0 aromatic carbocycles. The molecule has 0 aromatic rings. The van der Waals surface area contributed by atoms with E-state index in [0.29, 0.717) is 5.54 Å². The molecule has 3 nitrogen and oxygen atoms in total. The van der Waals surface area contributed by atoms with Crippen molar-refractivity contribution in [1.82, 2.24) is 4.90 Å². The van der Waals surface area contributed by atoms with Gasteiger partial charge in [-0.15, -0.1) is 0 Å². The average molecular weight is 267 g/mol. The van der Waals surface area contributed by atoms with Gasteiger partial charge in [0.2, 0.25) is 0 Å².